The van der Waals surface area contributed by atoms with Crippen LogP contribution in [0.15, 0.2) is 18.2 Å². The second-order valence-corrected chi connectivity index (χ2v) is 10.1. The summed E-state index contributed by atoms with van der Waals surface area (Å²) in [5.74, 6) is -0.628. The lowest BCUT2D eigenvalue weighted by Crippen LogP contribution is -2.67. The molecular weight excluding hydrogens is 367 g/mol. The van der Waals surface area contributed by atoms with Gasteiger partial charge in [0.2, 0.25) is 5.91 Å². The van der Waals surface area contributed by atoms with E-state index in [9.17, 15) is 14.4 Å². The Morgan fingerprint density at radius 2 is 1.93 bits per heavy atom. The fourth-order valence-corrected chi connectivity index (χ4v) is 6.34. The first-order valence-corrected chi connectivity index (χ1v) is 10.4. The predicted molar refractivity (Wildman–Crippen MR) is 110 cm³/mol. The quantitative estimate of drug-likeness (QED) is 0.743. The summed E-state index contributed by atoms with van der Waals surface area (Å²) in [6.45, 7) is 5.68. The van der Waals surface area contributed by atoms with Gasteiger partial charge < -0.3 is 15.6 Å². The van der Waals surface area contributed by atoms with Crippen LogP contribution in [0.25, 0.3) is 0 Å². The predicted octanol–water partition coefficient (Wildman–Crippen LogP) is 4.33. The summed E-state index contributed by atoms with van der Waals surface area (Å²) in [5.41, 5.74) is -0.726. The number of hydrogen-bond donors (Lipinski definition) is 2. The summed E-state index contributed by atoms with van der Waals surface area (Å²) in [6, 6.07) is 7.27. The van der Waals surface area contributed by atoms with Gasteiger partial charge in [-0.3, -0.25) is 4.79 Å². The molecule has 2 unspecified atom stereocenters. The van der Waals surface area contributed by atoms with Crippen molar-refractivity contribution in [2.75, 3.05) is 12.4 Å². The van der Waals surface area contributed by atoms with Gasteiger partial charge in [-0.1, -0.05) is 13.0 Å². The fraction of sp³-hybridized carbons (Fsp3) is 0.609. The van der Waals surface area contributed by atoms with Crippen LogP contribution in [0.1, 0.15) is 58.4 Å². The van der Waals surface area contributed by atoms with E-state index in [2.05, 4.69) is 18.3 Å². The summed E-state index contributed by atoms with van der Waals surface area (Å²) < 4.78 is 14.6. The highest BCUT2D eigenvalue weighted by atomic mass is 19.1. The Kier molecular flexibility index (Phi) is 4.31. The minimum absolute atomic E-state index is 0.0139. The Morgan fingerprint density at radius 3 is 2.48 bits per heavy atom. The number of rotatable bonds is 4. The van der Waals surface area contributed by atoms with Crippen molar-refractivity contribution in [3.05, 3.63) is 29.6 Å². The highest BCUT2D eigenvalue weighted by Gasteiger charge is 2.61. The summed E-state index contributed by atoms with van der Waals surface area (Å²) in [6.07, 6.45) is 4.16. The van der Waals surface area contributed by atoms with Crippen LogP contribution in [0.2, 0.25) is 0 Å². The minimum Gasteiger partial charge on any atom is -0.387 e. The van der Waals surface area contributed by atoms with Gasteiger partial charge in [0.1, 0.15) is 5.82 Å². The maximum atomic E-state index is 14.6. The van der Waals surface area contributed by atoms with Crippen LogP contribution >= 0.6 is 0 Å². The summed E-state index contributed by atoms with van der Waals surface area (Å²) in [7, 11) is 1.68. The molecule has 5 nitrogen and oxygen atoms in total. The van der Waals surface area contributed by atoms with E-state index < -0.39 is 11.2 Å². The third-order valence-corrected chi connectivity index (χ3v) is 7.43. The van der Waals surface area contributed by atoms with Gasteiger partial charge in [-0.25, -0.2) is 4.39 Å². The molecule has 1 aromatic rings. The number of carbonyl (C=O) groups excluding carboxylic acids is 1. The molecule has 4 bridgehead atoms. The van der Waals surface area contributed by atoms with Crippen molar-refractivity contribution >= 4 is 17.3 Å². The van der Waals surface area contributed by atoms with Crippen LogP contribution in [-0.2, 0) is 4.79 Å². The van der Waals surface area contributed by atoms with Gasteiger partial charge in [0.05, 0.1) is 28.2 Å². The maximum Gasteiger partial charge on any atom is 0.234 e. The number of nitrogens with one attached hydrogen (secondary N) is 2. The monoisotopic (exact) mass is 396 g/mol. The summed E-state index contributed by atoms with van der Waals surface area (Å²) in [5, 5.41) is 21.5. The Balaban J connectivity index is 1.67. The van der Waals surface area contributed by atoms with Crippen molar-refractivity contribution in [2.45, 2.75) is 65.0 Å². The molecule has 1 amide bonds. The van der Waals surface area contributed by atoms with E-state index in [1.54, 1.807) is 33.0 Å². The van der Waals surface area contributed by atoms with Crippen LogP contribution in [-0.4, -0.2) is 35.7 Å². The Hall–Kier alpha value is -2.42. The molecule has 2 saturated heterocycles. The first kappa shape index (κ1) is 19.9. The van der Waals surface area contributed by atoms with Crippen molar-refractivity contribution in [2.24, 2.45) is 16.2 Å². The highest BCUT2D eigenvalue weighted by molar-refractivity contribution is 6.17. The van der Waals surface area contributed by atoms with Crippen molar-refractivity contribution in [1.82, 2.24) is 4.90 Å². The van der Waals surface area contributed by atoms with Crippen molar-refractivity contribution in [3.8, 4) is 6.07 Å². The summed E-state index contributed by atoms with van der Waals surface area (Å²) >= 11 is 0. The average molecular weight is 397 g/mol. The SMILES string of the molecule is CNc1cccc(F)c1C(=N)C(C)(C)C(=O)N1C2CC3(C)CC1CC(C#N)(C2)C3. The van der Waals surface area contributed by atoms with Crippen LogP contribution in [0.5, 0.6) is 0 Å². The van der Waals surface area contributed by atoms with Crippen LogP contribution in [0.4, 0.5) is 10.1 Å². The number of piperidine rings is 2. The molecule has 2 aliphatic carbocycles. The smallest absolute Gasteiger partial charge is 0.234 e. The van der Waals surface area contributed by atoms with Gasteiger partial charge in [0.15, 0.2) is 0 Å². The molecule has 29 heavy (non-hydrogen) atoms. The number of carbonyl (C=O) groups is 1. The second kappa shape index (κ2) is 6.29. The maximum absolute atomic E-state index is 14.6. The molecule has 0 aromatic heterocycles. The lowest BCUT2D eigenvalue weighted by molar-refractivity contribution is -0.168. The third kappa shape index (κ3) is 2.86. The molecular formula is C23H29FN4O. The van der Waals surface area contributed by atoms with Gasteiger partial charge in [-0.2, -0.15) is 5.26 Å². The van der Waals surface area contributed by atoms with Crippen molar-refractivity contribution < 1.29 is 9.18 Å². The largest absolute Gasteiger partial charge is 0.387 e. The Morgan fingerprint density at radius 1 is 1.31 bits per heavy atom. The zero-order valence-electron chi connectivity index (χ0n) is 17.6. The van der Waals surface area contributed by atoms with Gasteiger partial charge in [-0.15, -0.1) is 0 Å². The van der Waals surface area contributed by atoms with E-state index in [0.717, 1.165) is 19.3 Å². The molecule has 2 heterocycles. The molecule has 154 valence electrons. The average Bonchev–Trinajstić information content (AvgIpc) is 2.65. The highest BCUT2D eigenvalue weighted by Crippen LogP contribution is 2.61. The minimum atomic E-state index is -1.16. The molecule has 2 saturated carbocycles. The Bertz CT molecular complexity index is 915. The van der Waals surface area contributed by atoms with Crippen molar-refractivity contribution in [3.63, 3.8) is 0 Å². The zero-order chi connectivity index (χ0) is 21.2. The number of anilines is 1. The molecule has 2 atom stereocenters. The number of amides is 1. The van der Waals surface area contributed by atoms with E-state index in [1.165, 1.54) is 6.07 Å². The molecule has 1 aromatic carbocycles. The molecule has 0 spiro atoms. The first-order valence-electron chi connectivity index (χ1n) is 10.4. The lowest BCUT2D eigenvalue weighted by Gasteiger charge is -2.64. The van der Waals surface area contributed by atoms with E-state index in [-0.39, 0.29) is 40.1 Å². The number of nitrogens with zero attached hydrogens (tertiary/aromatic N) is 2. The van der Waals surface area contributed by atoms with Crippen LogP contribution < -0.4 is 5.32 Å². The lowest BCUT2D eigenvalue weighted by atomic mass is 9.50. The van der Waals surface area contributed by atoms with E-state index in [0.29, 0.717) is 18.5 Å². The number of hydrogen-bond acceptors (Lipinski definition) is 4. The second-order valence-electron chi connectivity index (χ2n) is 10.1. The van der Waals surface area contributed by atoms with E-state index in [4.69, 9.17) is 5.41 Å². The van der Waals surface area contributed by atoms with Crippen LogP contribution in [0.3, 0.4) is 0 Å². The topological polar surface area (TPSA) is 80.0 Å². The molecule has 2 aliphatic heterocycles. The van der Waals surface area contributed by atoms with Gasteiger partial charge in [-0.05, 0) is 63.5 Å². The summed E-state index contributed by atoms with van der Waals surface area (Å²) in [4.78, 5) is 15.7. The molecule has 5 rings (SSSR count). The fourth-order valence-electron chi connectivity index (χ4n) is 6.34. The molecule has 6 heteroatoms. The standard InChI is InChI=1S/C23H29FN4O/c1-21(2,19(26)18-16(24)6-5-7-17(18)27-4)20(29)28-14-8-22(3)9-15(28)11-23(10-14,12-22)13-25/h5-7,14-15,26-27H,8-12H2,1-4H3. The first-order chi connectivity index (χ1) is 13.6. The van der Waals surface area contributed by atoms with Gasteiger partial charge >= 0.3 is 0 Å². The number of benzene rings is 1. The molecule has 2 N–H and O–H groups in total. The number of halogens is 1. The normalized spacial score (nSPS) is 32.8. The van der Waals surface area contributed by atoms with E-state index >= 15 is 0 Å². The Labute approximate surface area is 171 Å². The third-order valence-electron chi connectivity index (χ3n) is 7.43. The molecule has 4 fully saturated rings. The van der Waals surface area contributed by atoms with Gasteiger partial charge in [0, 0.05) is 24.8 Å². The van der Waals surface area contributed by atoms with Crippen LogP contribution in [0, 0.1) is 38.8 Å². The van der Waals surface area contributed by atoms with Crippen molar-refractivity contribution in [1.29, 1.82) is 10.7 Å². The zero-order valence-corrected chi connectivity index (χ0v) is 17.6. The number of nitriles is 1. The molecule has 0 radical (unpaired) electrons. The van der Waals surface area contributed by atoms with E-state index in [1.807, 2.05) is 4.90 Å². The molecule has 4 aliphatic rings. The van der Waals surface area contributed by atoms with Gasteiger partial charge in [0.25, 0.3) is 0 Å².